The van der Waals surface area contributed by atoms with Gasteiger partial charge in [-0.1, -0.05) is 13.8 Å². The van der Waals surface area contributed by atoms with Gasteiger partial charge in [0, 0.05) is 0 Å². The second kappa shape index (κ2) is 7.96. The Labute approximate surface area is 120 Å². The summed E-state index contributed by atoms with van der Waals surface area (Å²) in [5.74, 6) is -2.84. The first-order valence-electron chi connectivity index (χ1n) is 6.23. The maximum Gasteiger partial charge on any atom is 0.401 e. The second-order valence-electron chi connectivity index (χ2n) is 5.05. The van der Waals surface area contributed by atoms with Crippen LogP contribution in [0.2, 0.25) is 0 Å². The Balaban J connectivity index is 4.72. The maximum absolute atomic E-state index is 12.3. The van der Waals surface area contributed by atoms with Gasteiger partial charge in [-0.15, -0.1) is 0 Å². The molecule has 0 aliphatic heterocycles. The van der Waals surface area contributed by atoms with Crippen LogP contribution in [0.15, 0.2) is 0 Å². The highest BCUT2D eigenvalue weighted by Crippen LogP contribution is 2.16. The molecule has 0 aromatic heterocycles. The number of carbonyl (C=O) groups is 3. The van der Waals surface area contributed by atoms with Crippen LogP contribution in [0, 0.1) is 5.92 Å². The quantitative estimate of drug-likeness (QED) is 0.688. The van der Waals surface area contributed by atoms with E-state index in [1.165, 1.54) is 6.92 Å². The minimum absolute atomic E-state index is 0.220. The van der Waals surface area contributed by atoms with Gasteiger partial charge < -0.3 is 10.4 Å². The molecular formula is C12H19F3N2O4. The highest BCUT2D eigenvalue weighted by atomic mass is 19.4. The summed E-state index contributed by atoms with van der Waals surface area (Å²) < 4.78 is 36.9. The molecule has 0 saturated carbocycles. The second-order valence-corrected chi connectivity index (χ2v) is 5.05. The molecule has 0 aliphatic carbocycles. The monoisotopic (exact) mass is 312 g/mol. The van der Waals surface area contributed by atoms with Gasteiger partial charge >= 0.3 is 12.1 Å². The lowest BCUT2D eigenvalue weighted by Crippen LogP contribution is -2.49. The number of amides is 1. The van der Waals surface area contributed by atoms with Crippen molar-refractivity contribution in [1.29, 1.82) is 0 Å². The molecule has 21 heavy (non-hydrogen) atoms. The van der Waals surface area contributed by atoms with E-state index in [1.807, 2.05) is 0 Å². The molecule has 1 amide bonds. The Morgan fingerprint density at radius 1 is 1.19 bits per heavy atom. The Hall–Kier alpha value is -1.64. The number of rotatable bonds is 8. The van der Waals surface area contributed by atoms with Gasteiger partial charge in [0.25, 0.3) is 0 Å². The SMILES string of the molecule is CC(=O)C(NC(=O)CN(CC(=O)O)CC(F)(F)F)C(C)C. The molecule has 0 radical (unpaired) electrons. The third kappa shape index (κ3) is 9.01. The highest BCUT2D eigenvalue weighted by molar-refractivity contribution is 5.88. The third-order valence-corrected chi connectivity index (χ3v) is 2.55. The molecule has 0 heterocycles. The number of aliphatic carboxylic acids is 1. The van der Waals surface area contributed by atoms with Crippen molar-refractivity contribution in [2.75, 3.05) is 19.6 Å². The van der Waals surface area contributed by atoms with Crippen LogP contribution in [-0.4, -0.2) is 59.5 Å². The van der Waals surface area contributed by atoms with E-state index in [0.29, 0.717) is 4.90 Å². The lowest BCUT2D eigenvalue weighted by Gasteiger charge is -2.24. The number of nitrogens with zero attached hydrogens (tertiary/aromatic N) is 1. The largest absolute Gasteiger partial charge is 0.480 e. The van der Waals surface area contributed by atoms with Crippen molar-refractivity contribution in [3.05, 3.63) is 0 Å². The number of Topliss-reactive ketones (excluding diaryl/α,β-unsaturated/α-hetero) is 1. The minimum atomic E-state index is -4.62. The number of ketones is 1. The predicted molar refractivity (Wildman–Crippen MR) is 67.6 cm³/mol. The molecule has 0 bridgehead atoms. The molecule has 1 atom stereocenters. The summed E-state index contributed by atoms with van der Waals surface area (Å²) in [7, 11) is 0. The first-order chi connectivity index (χ1) is 9.42. The van der Waals surface area contributed by atoms with E-state index >= 15 is 0 Å². The van der Waals surface area contributed by atoms with Gasteiger partial charge in [-0.2, -0.15) is 13.2 Å². The topological polar surface area (TPSA) is 86.7 Å². The zero-order valence-electron chi connectivity index (χ0n) is 12.0. The zero-order valence-corrected chi connectivity index (χ0v) is 12.0. The summed E-state index contributed by atoms with van der Waals surface area (Å²) in [6, 6.07) is -0.810. The van der Waals surface area contributed by atoms with Gasteiger partial charge in [-0.05, 0) is 12.8 Å². The van der Waals surface area contributed by atoms with Gasteiger partial charge in [-0.25, -0.2) is 0 Å². The van der Waals surface area contributed by atoms with Gasteiger partial charge in [0.2, 0.25) is 5.91 Å². The fourth-order valence-electron chi connectivity index (χ4n) is 1.77. The average Bonchev–Trinajstić information content (AvgIpc) is 2.21. The minimum Gasteiger partial charge on any atom is -0.480 e. The lowest BCUT2D eigenvalue weighted by molar-refractivity contribution is -0.155. The average molecular weight is 312 g/mol. The fourth-order valence-corrected chi connectivity index (χ4v) is 1.77. The Bertz CT molecular complexity index is 396. The molecular weight excluding hydrogens is 293 g/mol. The number of nitrogens with one attached hydrogen (secondary N) is 1. The first-order valence-corrected chi connectivity index (χ1v) is 6.23. The Morgan fingerprint density at radius 3 is 2.05 bits per heavy atom. The molecule has 9 heteroatoms. The summed E-state index contributed by atoms with van der Waals surface area (Å²) >= 11 is 0. The number of carbonyl (C=O) groups excluding carboxylic acids is 2. The normalized spacial score (nSPS) is 13.3. The van der Waals surface area contributed by atoms with E-state index < -0.39 is 43.7 Å². The molecule has 0 rings (SSSR count). The summed E-state index contributed by atoms with van der Waals surface area (Å²) in [4.78, 5) is 34.0. The summed E-state index contributed by atoms with van der Waals surface area (Å²) in [6.45, 7) is 1.44. The number of halogens is 3. The van der Waals surface area contributed by atoms with Crippen molar-refractivity contribution in [2.24, 2.45) is 5.92 Å². The maximum atomic E-state index is 12.3. The smallest absolute Gasteiger partial charge is 0.401 e. The molecule has 0 aliphatic rings. The molecule has 6 nitrogen and oxygen atoms in total. The molecule has 0 aromatic carbocycles. The molecule has 0 fully saturated rings. The van der Waals surface area contributed by atoms with Crippen LogP contribution in [0.25, 0.3) is 0 Å². The molecule has 0 spiro atoms. The summed E-state index contributed by atoms with van der Waals surface area (Å²) in [5, 5.41) is 10.9. The van der Waals surface area contributed by atoms with Gasteiger partial charge in [0.05, 0.1) is 25.7 Å². The first kappa shape index (κ1) is 19.4. The molecule has 2 N–H and O–H groups in total. The van der Waals surface area contributed by atoms with Gasteiger partial charge in [0.15, 0.2) is 5.78 Å². The van der Waals surface area contributed by atoms with Crippen molar-refractivity contribution < 1.29 is 32.7 Å². The highest BCUT2D eigenvalue weighted by Gasteiger charge is 2.33. The van der Waals surface area contributed by atoms with Crippen molar-refractivity contribution in [3.63, 3.8) is 0 Å². The number of hydrogen-bond donors (Lipinski definition) is 2. The van der Waals surface area contributed by atoms with Crippen LogP contribution in [0.5, 0.6) is 0 Å². The van der Waals surface area contributed by atoms with Crippen molar-refractivity contribution in [3.8, 4) is 0 Å². The third-order valence-electron chi connectivity index (χ3n) is 2.55. The number of carboxylic acid groups (broad SMARTS) is 1. The van der Waals surface area contributed by atoms with Crippen LogP contribution in [0.4, 0.5) is 13.2 Å². The summed E-state index contributed by atoms with van der Waals surface area (Å²) in [6.07, 6.45) is -4.62. The van der Waals surface area contributed by atoms with Crippen LogP contribution in [-0.2, 0) is 14.4 Å². The van der Waals surface area contributed by atoms with E-state index in [-0.39, 0.29) is 11.7 Å². The summed E-state index contributed by atoms with van der Waals surface area (Å²) in [5.41, 5.74) is 0. The van der Waals surface area contributed by atoms with Crippen LogP contribution in [0.1, 0.15) is 20.8 Å². The molecule has 0 aromatic rings. The van der Waals surface area contributed by atoms with Crippen molar-refractivity contribution in [2.45, 2.75) is 33.0 Å². The zero-order chi connectivity index (χ0) is 16.8. The number of hydrogen-bond acceptors (Lipinski definition) is 4. The van der Waals surface area contributed by atoms with Crippen LogP contribution >= 0.6 is 0 Å². The number of alkyl halides is 3. The van der Waals surface area contributed by atoms with E-state index in [9.17, 15) is 27.6 Å². The van der Waals surface area contributed by atoms with Crippen molar-refractivity contribution >= 4 is 17.7 Å². The number of carboxylic acids is 1. The van der Waals surface area contributed by atoms with Crippen molar-refractivity contribution in [1.82, 2.24) is 10.2 Å². The lowest BCUT2D eigenvalue weighted by atomic mass is 10.0. The fraction of sp³-hybridized carbons (Fsp3) is 0.750. The van der Waals surface area contributed by atoms with E-state index in [4.69, 9.17) is 5.11 Å². The molecule has 0 saturated heterocycles. The van der Waals surface area contributed by atoms with E-state index in [2.05, 4.69) is 5.32 Å². The van der Waals surface area contributed by atoms with Gasteiger partial charge in [-0.3, -0.25) is 19.3 Å². The van der Waals surface area contributed by atoms with Crippen LogP contribution < -0.4 is 5.32 Å². The molecule has 1 unspecified atom stereocenters. The standard InChI is InChI=1S/C12H19F3N2O4/c1-7(2)11(8(3)18)16-9(19)4-17(5-10(20)21)6-12(13,14)15/h7,11H,4-6H2,1-3H3,(H,16,19)(H,20,21). The predicted octanol–water partition coefficient (Wildman–Crippen LogP) is 0.665. The Kier molecular flexibility index (Phi) is 7.34. The molecule has 122 valence electrons. The van der Waals surface area contributed by atoms with Crippen LogP contribution in [0.3, 0.4) is 0 Å². The Morgan fingerprint density at radius 2 is 1.71 bits per heavy atom. The van der Waals surface area contributed by atoms with E-state index in [1.54, 1.807) is 13.8 Å². The van der Waals surface area contributed by atoms with E-state index in [0.717, 1.165) is 0 Å². The van der Waals surface area contributed by atoms with Gasteiger partial charge in [0.1, 0.15) is 0 Å².